The minimum Gasteiger partial charge on any atom is -0.451 e. The van der Waals surface area contributed by atoms with Crippen LogP contribution in [0.15, 0.2) is 52.9 Å². The molecule has 0 radical (unpaired) electrons. The Morgan fingerprint density at radius 2 is 1.62 bits per heavy atom. The average Bonchev–Trinajstić information content (AvgIpc) is 2.99. The number of nitrogen functional groups attached to an aromatic ring is 1. The van der Waals surface area contributed by atoms with Gasteiger partial charge in [0.25, 0.3) is 5.91 Å². The zero-order valence-electron chi connectivity index (χ0n) is 12.1. The number of hydrogen-bond acceptors (Lipinski definition) is 3. The molecule has 0 atom stereocenters. The number of nitrogens with two attached hydrogens (primary N) is 1. The van der Waals surface area contributed by atoms with Crippen LogP contribution in [0.5, 0.6) is 0 Å². The van der Waals surface area contributed by atoms with Gasteiger partial charge in [-0.2, -0.15) is 0 Å². The molecule has 0 spiro atoms. The van der Waals surface area contributed by atoms with E-state index in [9.17, 15) is 4.79 Å². The molecule has 3 N–H and O–H groups in total. The third-order valence-corrected chi connectivity index (χ3v) is 3.91. The van der Waals surface area contributed by atoms with Crippen LogP contribution in [0, 0.1) is 0 Å². The van der Waals surface area contributed by atoms with Crippen LogP contribution in [0.3, 0.4) is 0 Å². The van der Waals surface area contributed by atoms with Crippen molar-refractivity contribution in [2.24, 2.45) is 0 Å². The molecule has 0 unspecified atom stereocenters. The van der Waals surface area contributed by atoms with Crippen molar-refractivity contribution in [2.75, 3.05) is 11.1 Å². The largest absolute Gasteiger partial charge is 0.451 e. The molecule has 0 bridgehead atoms. The summed E-state index contributed by atoms with van der Waals surface area (Å²) in [4.78, 5) is 12.3. The Morgan fingerprint density at radius 3 is 2.29 bits per heavy atom. The number of halogens is 3. The Labute approximate surface area is 153 Å². The van der Waals surface area contributed by atoms with Crippen molar-refractivity contribution in [2.45, 2.75) is 0 Å². The lowest BCUT2D eigenvalue weighted by Crippen LogP contribution is -2.12. The fourth-order valence-electron chi connectivity index (χ4n) is 2.14. The van der Waals surface area contributed by atoms with E-state index in [1.54, 1.807) is 48.5 Å². The number of amides is 1. The maximum Gasteiger partial charge on any atom is 0.291 e. The Morgan fingerprint density at radius 1 is 0.917 bits per heavy atom. The van der Waals surface area contributed by atoms with Crippen LogP contribution in [-0.2, 0) is 0 Å². The first kappa shape index (κ1) is 16.7. The molecule has 0 aliphatic carbocycles. The molecular weight excluding hydrogens is 371 g/mol. The molecule has 3 aromatic rings. The number of carbonyl (C=O) groups excluding carboxylic acids is 1. The summed E-state index contributed by atoms with van der Waals surface area (Å²) >= 11 is 17.8. The summed E-state index contributed by atoms with van der Waals surface area (Å²) in [7, 11) is 0. The lowest BCUT2D eigenvalue weighted by molar-refractivity contribution is 0.0997. The van der Waals surface area contributed by atoms with Crippen LogP contribution in [0.25, 0.3) is 11.3 Å². The molecule has 0 saturated carbocycles. The van der Waals surface area contributed by atoms with Crippen LogP contribution in [-0.4, -0.2) is 5.91 Å². The van der Waals surface area contributed by atoms with Crippen molar-refractivity contribution in [3.05, 3.63) is 69.4 Å². The molecule has 2 aromatic carbocycles. The van der Waals surface area contributed by atoms with Gasteiger partial charge in [-0.3, -0.25) is 4.79 Å². The highest BCUT2D eigenvalue weighted by atomic mass is 35.5. The Bertz CT molecular complexity index is 902. The first-order valence-electron chi connectivity index (χ1n) is 6.85. The smallest absolute Gasteiger partial charge is 0.291 e. The first-order valence-corrected chi connectivity index (χ1v) is 7.98. The molecule has 24 heavy (non-hydrogen) atoms. The summed E-state index contributed by atoms with van der Waals surface area (Å²) < 4.78 is 5.58. The third-order valence-electron chi connectivity index (χ3n) is 3.24. The second-order valence-electron chi connectivity index (χ2n) is 5.01. The van der Waals surface area contributed by atoms with E-state index >= 15 is 0 Å². The monoisotopic (exact) mass is 380 g/mol. The zero-order valence-corrected chi connectivity index (χ0v) is 14.4. The van der Waals surface area contributed by atoms with Crippen LogP contribution < -0.4 is 11.1 Å². The number of hydrogen-bond donors (Lipinski definition) is 2. The number of rotatable bonds is 3. The minimum absolute atomic E-state index is 0.135. The van der Waals surface area contributed by atoms with Crippen molar-refractivity contribution >= 4 is 52.1 Å². The summed E-state index contributed by atoms with van der Waals surface area (Å²) in [5.74, 6) is 0.187. The maximum atomic E-state index is 12.3. The fraction of sp³-hybridized carbons (Fsp3) is 0. The highest BCUT2D eigenvalue weighted by Crippen LogP contribution is 2.29. The number of nitrogens with one attached hydrogen (secondary N) is 1. The summed E-state index contributed by atoms with van der Waals surface area (Å²) in [5.41, 5.74) is 7.31. The van der Waals surface area contributed by atoms with Gasteiger partial charge < -0.3 is 15.5 Å². The van der Waals surface area contributed by atoms with Crippen LogP contribution in [0.2, 0.25) is 15.1 Å². The quantitative estimate of drug-likeness (QED) is 0.568. The standard InChI is InChI=1S/C17H11Cl3N2O2/c18-10-1-2-14(13(21)8-10)22-17(23)16-4-3-15(24-16)9-5-11(19)7-12(20)6-9/h1-8H,21H2,(H,22,23). The molecule has 1 amide bonds. The van der Waals surface area contributed by atoms with E-state index in [-0.39, 0.29) is 5.76 Å². The number of furan rings is 1. The van der Waals surface area contributed by atoms with Gasteiger partial charge in [-0.15, -0.1) is 0 Å². The lowest BCUT2D eigenvalue weighted by Gasteiger charge is -2.07. The van der Waals surface area contributed by atoms with E-state index in [1.165, 1.54) is 0 Å². The van der Waals surface area contributed by atoms with Gasteiger partial charge in [0.05, 0.1) is 11.4 Å². The molecule has 0 aliphatic heterocycles. The van der Waals surface area contributed by atoms with Crippen molar-refractivity contribution in [1.82, 2.24) is 0 Å². The van der Waals surface area contributed by atoms with Crippen LogP contribution in [0.4, 0.5) is 11.4 Å². The summed E-state index contributed by atoms with van der Waals surface area (Å²) in [6, 6.07) is 13.1. The van der Waals surface area contributed by atoms with Gasteiger partial charge in [0.2, 0.25) is 0 Å². The van der Waals surface area contributed by atoms with Gasteiger partial charge in [-0.25, -0.2) is 0 Å². The minimum atomic E-state index is -0.427. The maximum absolute atomic E-state index is 12.3. The molecule has 4 nitrogen and oxygen atoms in total. The molecule has 0 fully saturated rings. The SMILES string of the molecule is Nc1cc(Cl)ccc1NC(=O)c1ccc(-c2cc(Cl)cc(Cl)c2)o1. The zero-order chi connectivity index (χ0) is 17.3. The second-order valence-corrected chi connectivity index (χ2v) is 6.32. The Kier molecular flexibility index (Phi) is 4.71. The lowest BCUT2D eigenvalue weighted by atomic mass is 10.2. The summed E-state index contributed by atoms with van der Waals surface area (Å²) in [5, 5.41) is 4.12. The second kappa shape index (κ2) is 6.77. The van der Waals surface area contributed by atoms with Crippen LogP contribution in [0.1, 0.15) is 10.6 Å². The molecule has 0 aliphatic rings. The normalized spacial score (nSPS) is 10.6. The predicted molar refractivity (Wildman–Crippen MR) is 98.0 cm³/mol. The topological polar surface area (TPSA) is 68.3 Å². The molecule has 0 saturated heterocycles. The molecule has 3 rings (SSSR count). The Balaban J connectivity index is 1.83. The van der Waals surface area contributed by atoms with Crippen molar-refractivity contribution in [3.8, 4) is 11.3 Å². The van der Waals surface area contributed by atoms with Gasteiger partial charge in [0, 0.05) is 20.6 Å². The molecule has 1 aromatic heterocycles. The average molecular weight is 382 g/mol. The van der Waals surface area contributed by atoms with Gasteiger partial charge >= 0.3 is 0 Å². The van der Waals surface area contributed by atoms with E-state index < -0.39 is 5.91 Å². The third kappa shape index (κ3) is 3.67. The van der Waals surface area contributed by atoms with Gasteiger partial charge in [0.15, 0.2) is 5.76 Å². The number of anilines is 2. The fourth-order valence-corrected chi connectivity index (χ4v) is 2.85. The summed E-state index contributed by atoms with van der Waals surface area (Å²) in [6.45, 7) is 0. The van der Waals surface area contributed by atoms with E-state index in [1.807, 2.05) is 0 Å². The first-order chi connectivity index (χ1) is 11.4. The summed E-state index contributed by atoms with van der Waals surface area (Å²) in [6.07, 6.45) is 0. The van der Waals surface area contributed by atoms with Crippen molar-refractivity contribution in [1.29, 1.82) is 0 Å². The van der Waals surface area contributed by atoms with Crippen LogP contribution >= 0.6 is 34.8 Å². The van der Waals surface area contributed by atoms with Gasteiger partial charge in [-0.1, -0.05) is 34.8 Å². The van der Waals surface area contributed by atoms with Crippen molar-refractivity contribution in [3.63, 3.8) is 0 Å². The van der Waals surface area contributed by atoms with Crippen molar-refractivity contribution < 1.29 is 9.21 Å². The van der Waals surface area contributed by atoms with E-state index in [0.717, 1.165) is 0 Å². The number of benzene rings is 2. The molecule has 1 heterocycles. The highest BCUT2D eigenvalue weighted by Gasteiger charge is 2.14. The Hall–Kier alpha value is -2.14. The van der Waals surface area contributed by atoms with Gasteiger partial charge in [0.1, 0.15) is 5.76 Å². The van der Waals surface area contributed by atoms with E-state index in [4.69, 9.17) is 45.0 Å². The van der Waals surface area contributed by atoms with E-state index in [0.29, 0.717) is 37.8 Å². The molecule has 122 valence electrons. The molecular formula is C17H11Cl3N2O2. The molecule has 7 heteroatoms. The number of carbonyl (C=O) groups is 1. The highest BCUT2D eigenvalue weighted by molar-refractivity contribution is 6.35. The predicted octanol–water partition coefficient (Wildman–Crippen LogP) is 5.74. The van der Waals surface area contributed by atoms with E-state index in [2.05, 4.69) is 5.32 Å². The van der Waals surface area contributed by atoms with Gasteiger partial charge in [-0.05, 0) is 48.5 Å².